The zero-order valence-corrected chi connectivity index (χ0v) is 8.25. The standard InChI is InChI=1S/C7H10BF3O5/c8-6(16,5(14,15)3(12)13)4(1-2-4)7(9,10)11/h14-16H,1-2,8H2,(H,12,13). The van der Waals surface area contributed by atoms with E-state index in [1.165, 1.54) is 0 Å². The average Bonchev–Trinajstić information content (AvgIpc) is 2.80. The first-order chi connectivity index (χ1) is 6.90. The molecule has 0 amide bonds. The highest BCUT2D eigenvalue weighted by atomic mass is 19.4. The highest BCUT2D eigenvalue weighted by molar-refractivity contribution is 6.18. The van der Waals surface area contributed by atoms with Crippen molar-refractivity contribution in [2.45, 2.75) is 30.3 Å². The lowest BCUT2D eigenvalue weighted by Crippen LogP contribution is -2.67. The Labute approximate surface area is 88.9 Å². The minimum absolute atomic E-state index is 0.460. The third-order valence-corrected chi connectivity index (χ3v) is 3.20. The summed E-state index contributed by atoms with van der Waals surface area (Å²) in [6.07, 6.45) is -5.98. The van der Waals surface area contributed by atoms with E-state index in [0.717, 1.165) is 0 Å². The van der Waals surface area contributed by atoms with E-state index in [-0.39, 0.29) is 0 Å². The van der Waals surface area contributed by atoms with E-state index < -0.39 is 41.7 Å². The van der Waals surface area contributed by atoms with Crippen LogP contribution in [0.25, 0.3) is 0 Å². The van der Waals surface area contributed by atoms with Gasteiger partial charge in [-0.15, -0.1) is 0 Å². The van der Waals surface area contributed by atoms with Gasteiger partial charge in [0.1, 0.15) is 5.50 Å². The van der Waals surface area contributed by atoms with E-state index in [2.05, 4.69) is 0 Å². The van der Waals surface area contributed by atoms with Crippen LogP contribution in [0.2, 0.25) is 0 Å². The molecule has 0 heterocycles. The molecule has 0 radical (unpaired) electrons. The first-order valence-corrected chi connectivity index (χ1v) is 4.37. The van der Waals surface area contributed by atoms with Gasteiger partial charge in [0.25, 0.3) is 5.79 Å². The van der Waals surface area contributed by atoms with Gasteiger partial charge in [-0.1, -0.05) is 0 Å². The van der Waals surface area contributed by atoms with E-state index in [1.807, 2.05) is 0 Å². The van der Waals surface area contributed by atoms with Crippen LogP contribution in [0.15, 0.2) is 0 Å². The molecule has 9 heteroatoms. The summed E-state index contributed by atoms with van der Waals surface area (Å²) in [6, 6.07) is 0. The quantitative estimate of drug-likeness (QED) is 0.353. The molecule has 1 atom stereocenters. The van der Waals surface area contributed by atoms with E-state index in [1.54, 1.807) is 0 Å². The lowest BCUT2D eigenvalue weighted by Gasteiger charge is -2.41. The predicted molar refractivity (Wildman–Crippen MR) is 46.0 cm³/mol. The van der Waals surface area contributed by atoms with E-state index in [4.69, 9.17) is 15.3 Å². The maximum absolute atomic E-state index is 12.6. The number of carboxylic acid groups (broad SMARTS) is 1. The molecule has 1 aliphatic rings. The van der Waals surface area contributed by atoms with E-state index in [9.17, 15) is 23.1 Å². The first kappa shape index (κ1) is 13.3. The molecule has 92 valence electrons. The normalized spacial score (nSPS) is 23.6. The van der Waals surface area contributed by atoms with Crippen molar-refractivity contribution in [2.75, 3.05) is 0 Å². The molecule has 16 heavy (non-hydrogen) atoms. The summed E-state index contributed by atoms with van der Waals surface area (Å²) in [7, 11) is 0.460. The van der Waals surface area contributed by atoms with Crippen molar-refractivity contribution in [2.24, 2.45) is 5.41 Å². The van der Waals surface area contributed by atoms with Crippen molar-refractivity contribution in [1.29, 1.82) is 0 Å². The second kappa shape index (κ2) is 3.11. The van der Waals surface area contributed by atoms with Crippen molar-refractivity contribution < 1.29 is 38.4 Å². The van der Waals surface area contributed by atoms with Gasteiger partial charge in [0, 0.05) is 0 Å². The molecule has 1 fully saturated rings. The Morgan fingerprint density at radius 1 is 1.19 bits per heavy atom. The predicted octanol–water partition coefficient (Wildman–Crippen LogP) is -1.58. The number of aliphatic hydroxyl groups is 3. The first-order valence-electron chi connectivity index (χ1n) is 4.37. The van der Waals surface area contributed by atoms with Crippen molar-refractivity contribution in [3.05, 3.63) is 0 Å². The molecule has 0 aromatic heterocycles. The minimum Gasteiger partial charge on any atom is -0.477 e. The van der Waals surface area contributed by atoms with Crippen molar-refractivity contribution >= 4 is 13.8 Å². The molecule has 0 spiro atoms. The summed E-state index contributed by atoms with van der Waals surface area (Å²) >= 11 is 0. The summed E-state index contributed by atoms with van der Waals surface area (Å²) < 4.78 is 37.8. The minimum atomic E-state index is -4.90. The summed E-state index contributed by atoms with van der Waals surface area (Å²) in [5, 5.41) is 36.1. The fourth-order valence-corrected chi connectivity index (χ4v) is 1.71. The van der Waals surface area contributed by atoms with Crippen LogP contribution in [0.4, 0.5) is 13.2 Å². The lowest BCUT2D eigenvalue weighted by molar-refractivity contribution is -0.305. The number of carboxylic acids is 1. The van der Waals surface area contributed by atoms with Crippen LogP contribution >= 0.6 is 0 Å². The van der Waals surface area contributed by atoms with Crippen molar-refractivity contribution in [3.63, 3.8) is 0 Å². The number of rotatable bonds is 3. The molecule has 5 nitrogen and oxygen atoms in total. The summed E-state index contributed by atoms with van der Waals surface area (Å²) in [5.74, 6) is -6.17. The molecule has 1 aliphatic carbocycles. The molecule has 1 saturated carbocycles. The monoisotopic (exact) mass is 242 g/mol. The third kappa shape index (κ3) is 1.42. The molecule has 0 aromatic rings. The number of alkyl halides is 3. The number of carbonyl (C=O) groups is 1. The second-order valence-electron chi connectivity index (χ2n) is 4.13. The Balaban J connectivity index is 3.18. The number of halogens is 3. The summed E-state index contributed by atoms with van der Waals surface area (Å²) in [4.78, 5) is 10.4. The molecule has 0 aliphatic heterocycles. The van der Waals surface area contributed by atoms with Crippen LogP contribution in [-0.4, -0.2) is 51.7 Å². The van der Waals surface area contributed by atoms with Crippen molar-refractivity contribution in [3.8, 4) is 0 Å². The summed E-state index contributed by atoms with van der Waals surface area (Å²) in [6.45, 7) is 0. The van der Waals surface area contributed by atoms with E-state index >= 15 is 0 Å². The van der Waals surface area contributed by atoms with Crippen LogP contribution in [-0.2, 0) is 4.79 Å². The Bertz CT molecular complexity index is 320. The molecule has 4 N–H and O–H groups in total. The topological polar surface area (TPSA) is 98.0 Å². The average molecular weight is 242 g/mol. The molecule has 0 aromatic carbocycles. The van der Waals surface area contributed by atoms with Crippen LogP contribution in [0.3, 0.4) is 0 Å². The van der Waals surface area contributed by atoms with Crippen LogP contribution < -0.4 is 0 Å². The van der Waals surface area contributed by atoms with Gasteiger partial charge in [0.2, 0.25) is 0 Å². The molecule has 1 unspecified atom stereocenters. The largest absolute Gasteiger partial charge is 0.477 e. The van der Waals surface area contributed by atoms with Gasteiger partial charge in [0.05, 0.1) is 5.41 Å². The van der Waals surface area contributed by atoms with Gasteiger partial charge in [-0.25, -0.2) is 4.79 Å². The lowest BCUT2D eigenvalue weighted by atomic mass is 9.63. The molecular formula is C7H10BF3O5. The SMILES string of the molecule is BC(O)(C(O)(O)C(=O)O)C1(C(F)(F)F)CC1. The zero-order chi connectivity index (χ0) is 13.0. The highest BCUT2D eigenvalue weighted by Gasteiger charge is 2.78. The molecule has 0 bridgehead atoms. The maximum atomic E-state index is 12.6. The number of aliphatic carboxylic acids is 1. The number of hydrogen-bond donors (Lipinski definition) is 4. The van der Waals surface area contributed by atoms with Crippen LogP contribution in [0.1, 0.15) is 12.8 Å². The van der Waals surface area contributed by atoms with Gasteiger partial charge >= 0.3 is 12.1 Å². The van der Waals surface area contributed by atoms with Crippen LogP contribution in [0, 0.1) is 5.41 Å². The molecular weight excluding hydrogens is 232 g/mol. The highest BCUT2D eigenvalue weighted by Crippen LogP contribution is 2.64. The van der Waals surface area contributed by atoms with Gasteiger partial charge in [0.15, 0.2) is 7.85 Å². The molecule has 0 saturated heterocycles. The third-order valence-electron chi connectivity index (χ3n) is 3.20. The Kier molecular flexibility index (Phi) is 2.58. The smallest absolute Gasteiger partial charge is 0.396 e. The van der Waals surface area contributed by atoms with Gasteiger partial charge in [-0.2, -0.15) is 13.2 Å². The fraction of sp³-hybridized carbons (Fsp3) is 0.857. The van der Waals surface area contributed by atoms with Gasteiger partial charge in [-0.05, 0) is 12.8 Å². The second-order valence-corrected chi connectivity index (χ2v) is 4.13. The maximum Gasteiger partial charge on any atom is 0.396 e. The Morgan fingerprint density at radius 3 is 1.75 bits per heavy atom. The Hall–Kier alpha value is -0.795. The summed E-state index contributed by atoms with van der Waals surface area (Å²) in [5.41, 5.74) is -5.98. The fourth-order valence-electron chi connectivity index (χ4n) is 1.71. The van der Waals surface area contributed by atoms with Crippen molar-refractivity contribution in [1.82, 2.24) is 0 Å². The Morgan fingerprint density at radius 2 is 1.56 bits per heavy atom. The van der Waals surface area contributed by atoms with Crippen LogP contribution in [0.5, 0.6) is 0 Å². The van der Waals surface area contributed by atoms with E-state index in [0.29, 0.717) is 7.85 Å². The number of hydrogen-bond acceptors (Lipinski definition) is 4. The zero-order valence-electron chi connectivity index (χ0n) is 8.25. The van der Waals surface area contributed by atoms with Gasteiger partial charge < -0.3 is 20.4 Å². The molecule has 1 rings (SSSR count). The van der Waals surface area contributed by atoms with Gasteiger partial charge in [-0.3, -0.25) is 0 Å².